The maximum atomic E-state index is 13.6. The smallest absolute Gasteiger partial charge is 0.141 e. The minimum atomic E-state index is -0.425. The minimum Gasteiger partial charge on any atom is -0.326 e. The van der Waals surface area contributed by atoms with Crippen LogP contribution in [0.2, 0.25) is 5.02 Å². The molecule has 0 aliphatic carbocycles. The molecule has 1 aromatic carbocycles. The van der Waals surface area contributed by atoms with Crippen LogP contribution in [0.1, 0.15) is 12.2 Å². The number of fused-ring (bicyclic) bond motifs is 2. The molecule has 4 heterocycles. The number of hydrogen-bond acceptors (Lipinski definition) is 2. The fourth-order valence-corrected chi connectivity index (χ4v) is 3.66. The predicted octanol–water partition coefficient (Wildman–Crippen LogP) is 4.60. The van der Waals surface area contributed by atoms with Crippen molar-refractivity contribution in [1.29, 1.82) is 0 Å². The molecule has 0 amide bonds. The zero-order chi connectivity index (χ0) is 17.0. The third kappa shape index (κ3) is 2.27. The van der Waals surface area contributed by atoms with Crippen molar-refractivity contribution in [2.24, 2.45) is 0 Å². The number of imidazole rings is 2. The van der Waals surface area contributed by atoms with Crippen molar-refractivity contribution in [2.75, 3.05) is 0 Å². The van der Waals surface area contributed by atoms with Gasteiger partial charge in [0.15, 0.2) is 0 Å². The van der Waals surface area contributed by atoms with Gasteiger partial charge in [0.1, 0.15) is 23.0 Å². The van der Waals surface area contributed by atoms with Gasteiger partial charge in [0.25, 0.3) is 0 Å². The predicted molar refractivity (Wildman–Crippen MR) is 95.1 cm³/mol. The summed E-state index contributed by atoms with van der Waals surface area (Å²) in [5.74, 6) is 0.619. The Morgan fingerprint density at radius 2 is 2.04 bits per heavy atom. The van der Waals surface area contributed by atoms with E-state index in [2.05, 4.69) is 4.57 Å². The average Bonchev–Trinajstić information content (AvgIpc) is 3.29. The zero-order valence-electron chi connectivity index (χ0n) is 13.3. The lowest BCUT2D eigenvalue weighted by Gasteiger charge is -2.06. The number of rotatable bonds is 2. The summed E-state index contributed by atoms with van der Waals surface area (Å²) >= 11 is 5.99. The second-order valence-electron chi connectivity index (χ2n) is 6.20. The van der Waals surface area contributed by atoms with Gasteiger partial charge in [0, 0.05) is 30.9 Å². The SMILES string of the molecule is Fc1ccc(-c2nc3n(c2-c2cn4ccccc4n2)CCC3)cc1Cl. The summed E-state index contributed by atoms with van der Waals surface area (Å²) in [6.07, 6.45) is 6.00. The summed E-state index contributed by atoms with van der Waals surface area (Å²) < 4.78 is 17.8. The Balaban J connectivity index is 1.76. The topological polar surface area (TPSA) is 35.1 Å². The first kappa shape index (κ1) is 14.7. The first-order chi connectivity index (χ1) is 12.2. The Bertz CT molecular complexity index is 1080. The van der Waals surface area contributed by atoms with Gasteiger partial charge in [-0.1, -0.05) is 17.7 Å². The van der Waals surface area contributed by atoms with Crippen LogP contribution in [-0.2, 0) is 13.0 Å². The highest BCUT2D eigenvalue weighted by molar-refractivity contribution is 6.31. The average molecular weight is 353 g/mol. The van der Waals surface area contributed by atoms with Crippen molar-refractivity contribution in [1.82, 2.24) is 18.9 Å². The van der Waals surface area contributed by atoms with Crippen LogP contribution in [0, 0.1) is 5.82 Å². The van der Waals surface area contributed by atoms with E-state index < -0.39 is 5.82 Å². The van der Waals surface area contributed by atoms with Crippen LogP contribution in [0.25, 0.3) is 28.3 Å². The lowest BCUT2D eigenvalue weighted by Crippen LogP contribution is -1.96. The summed E-state index contributed by atoms with van der Waals surface area (Å²) in [6.45, 7) is 0.917. The summed E-state index contributed by atoms with van der Waals surface area (Å²) in [4.78, 5) is 9.56. The van der Waals surface area contributed by atoms with Gasteiger partial charge < -0.3 is 8.97 Å². The lowest BCUT2D eigenvalue weighted by molar-refractivity contribution is 0.628. The molecule has 4 aromatic rings. The van der Waals surface area contributed by atoms with Crippen molar-refractivity contribution in [3.05, 3.63) is 65.5 Å². The molecule has 1 aliphatic heterocycles. The highest BCUT2D eigenvalue weighted by atomic mass is 35.5. The van der Waals surface area contributed by atoms with E-state index in [1.807, 2.05) is 35.0 Å². The number of benzene rings is 1. The van der Waals surface area contributed by atoms with Gasteiger partial charge in [0.05, 0.1) is 16.4 Å². The maximum absolute atomic E-state index is 13.6. The number of pyridine rings is 1. The van der Waals surface area contributed by atoms with Gasteiger partial charge in [-0.25, -0.2) is 14.4 Å². The minimum absolute atomic E-state index is 0.103. The molecule has 0 spiro atoms. The number of aromatic nitrogens is 4. The maximum Gasteiger partial charge on any atom is 0.141 e. The van der Waals surface area contributed by atoms with Gasteiger partial charge >= 0.3 is 0 Å². The Morgan fingerprint density at radius 1 is 1.12 bits per heavy atom. The molecular weight excluding hydrogens is 339 g/mol. The Morgan fingerprint density at radius 3 is 2.88 bits per heavy atom. The third-order valence-corrected chi connectivity index (χ3v) is 4.92. The van der Waals surface area contributed by atoms with Crippen LogP contribution >= 0.6 is 11.6 Å². The Hall–Kier alpha value is -2.66. The van der Waals surface area contributed by atoms with E-state index in [9.17, 15) is 4.39 Å². The number of halogens is 2. The van der Waals surface area contributed by atoms with Crippen molar-refractivity contribution in [2.45, 2.75) is 19.4 Å². The van der Waals surface area contributed by atoms with Gasteiger partial charge in [-0.05, 0) is 36.8 Å². The van der Waals surface area contributed by atoms with Crippen LogP contribution in [0.15, 0.2) is 48.8 Å². The van der Waals surface area contributed by atoms with E-state index in [1.165, 1.54) is 6.07 Å². The quantitative estimate of drug-likeness (QED) is 0.528. The zero-order valence-corrected chi connectivity index (χ0v) is 14.0. The molecule has 5 rings (SSSR count). The summed E-state index contributed by atoms with van der Waals surface area (Å²) in [5, 5.41) is 0.103. The standard InChI is InChI=1S/C19H14ClFN4/c20-13-10-12(6-7-14(13)21)18-19(25-9-3-5-17(25)23-18)15-11-24-8-2-1-4-16(24)22-15/h1-2,4,6-8,10-11H,3,5,9H2. The highest BCUT2D eigenvalue weighted by Gasteiger charge is 2.25. The molecule has 0 radical (unpaired) electrons. The largest absolute Gasteiger partial charge is 0.326 e. The molecule has 3 aromatic heterocycles. The second-order valence-corrected chi connectivity index (χ2v) is 6.61. The number of nitrogens with zero attached hydrogens (tertiary/aromatic N) is 4. The molecule has 124 valence electrons. The molecule has 0 fully saturated rings. The Kier molecular flexibility index (Phi) is 3.18. The normalized spacial score (nSPS) is 13.5. The molecule has 6 heteroatoms. The molecule has 0 unspecified atom stereocenters. The van der Waals surface area contributed by atoms with Crippen LogP contribution in [0.4, 0.5) is 4.39 Å². The Labute approximate surface area is 148 Å². The van der Waals surface area contributed by atoms with Crippen molar-refractivity contribution < 1.29 is 4.39 Å². The lowest BCUT2D eigenvalue weighted by atomic mass is 10.1. The van der Waals surface area contributed by atoms with E-state index in [1.54, 1.807) is 12.1 Å². The molecule has 0 bridgehead atoms. The van der Waals surface area contributed by atoms with E-state index in [-0.39, 0.29) is 5.02 Å². The van der Waals surface area contributed by atoms with Gasteiger partial charge in [-0.15, -0.1) is 0 Å². The molecule has 0 saturated heterocycles. The van der Waals surface area contributed by atoms with Gasteiger partial charge in [-0.2, -0.15) is 0 Å². The van der Waals surface area contributed by atoms with E-state index in [0.29, 0.717) is 0 Å². The molecule has 0 atom stereocenters. The van der Waals surface area contributed by atoms with Crippen molar-refractivity contribution in [3.8, 4) is 22.6 Å². The monoisotopic (exact) mass is 352 g/mol. The molecule has 1 aliphatic rings. The molecule has 0 saturated carbocycles. The van der Waals surface area contributed by atoms with Crippen molar-refractivity contribution >= 4 is 17.2 Å². The van der Waals surface area contributed by atoms with E-state index in [0.717, 1.165) is 53.5 Å². The van der Waals surface area contributed by atoms with Crippen molar-refractivity contribution in [3.63, 3.8) is 0 Å². The van der Waals surface area contributed by atoms with E-state index >= 15 is 0 Å². The van der Waals surface area contributed by atoms with Gasteiger partial charge in [-0.3, -0.25) is 0 Å². The summed E-state index contributed by atoms with van der Waals surface area (Å²) in [7, 11) is 0. The summed E-state index contributed by atoms with van der Waals surface area (Å²) in [5.41, 5.74) is 4.33. The highest BCUT2D eigenvalue weighted by Crippen LogP contribution is 2.36. The fourth-order valence-electron chi connectivity index (χ4n) is 3.48. The van der Waals surface area contributed by atoms with E-state index in [4.69, 9.17) is 21.6 Å². The molecular formula is C19H14ClFN4. The van der Waals surface area contributed by atoms with Crippen LogP contribution < -0.4 is 0 Å². The number of hydrogen-bond donors (Lipinski definition) is 0. The molecule has 4 nitrogen and oxygen atoms in total. The first-order valence-corrected chi connectivity index (χ1v) is 8.57. The third-order valence-electron chi connectivity index (χ3n) is 4.63. The van der Waals surface area contributed by atoms with Crippen LogP contribution in [0.3, 0.4) is 0 Å². The van der Waals surface area contributed by atoms with Gasteiger partial charge in [0.2, 0.25) is 0 Å². The molecule has 0 N–H and O–H groups in total. The first-order valence-electron chi connectivity index (χ1n) is 8.19. The van der Waals surface area contributed by atoms with Crippen LogP contribution in [0.5, 0.6) is 0 Å². The van der Waals surface area contributed by atoms with Crippen LogP contribution in [-0.4, -0.2) is 18.9 Å². The second kappa shape index (κ2) is 5.43. The summed E-state index contributed by atoms with van der Waals surface area (Å²) in [6, 6.07) is 10.6. The molecule has 25 heavy (non-hydrogen) atoms. The number of aryl methyl sites for hydroxylation is 1. The fraction of sp³-hybridized carbons (Fsp3) is 0.158.